The summed E-state index contributed by atoms with van der Waals surface area (Å²) in [5, 5.41) is 2.77. The summed E-state index contributed by atoms with van der Waals surface area (Å²) in [6.07, 6.45) is 2.37. The maximum absolute atomic E-state index is 14.1. The minimum absolute atomic E-state index is 0. The molecule has 2 fully saturated rings. The van der Waals surface area contributed by atoms with Crippen molar-refractivity contribution in [2.75, 3.05) is 26.2 Å². The molecule has 0 radical (unpaired) electrons. The Morgan fingerprint density at radius 3 is 2.23 bits per heavy atom. The fourth-order valence-corrected chi connectivity index (χ4v) is 6.57. The van der Waals surface area contributed by atoms with Gasteiger partial charge in [0, 0.05) is 57.8 Å². The van der Waals surface area contributed by atoms with Crippen LogP contribution in [0, 0.1) is 0 Å². The Bertz CT molecular complexity index is 1120. The molecule has 35 heavy (non-hydrogen) atoms. The maximum atomic E-state index is 14.1. The van der Waals surface area contributed by atoms with Gasteiger partial charge in [0.2, 0.25) is 5.92 Å². The molecule has 1 unspecified atom stereocenters. The van der Waals surface area contributed by atoms with E-state index in [0.717, 1.165) is 0 Å². The summed E-state index contributed by atoms with van der Waals surface area (Å²) >= 11 is 6.75. The topological polar surface area (TPSA) is 87.5 Å². The highest BCUT2D eigenvalue weighted by atomic mass is 35.5. The minimum atomic E-state index is -3.76. The molecule has 1 saturated carbocycles. The van der Waals surface area contributed by atoms with Crippen molar-refractivity contribution in [3.63, 3.8) is 0 Å². The second-order valence-corrected chi connectivity index (χ2v) is 11.3. The van der Waals surface area contributed by atoms with E-state index >= 15 is 0 Å². The van der Waals surface area contributed by atoms with Crippen molar-refractivity contribution in [3.8, 4) is 0 Å². The molecular weight excluding hydrogens is 523 g/mol. The molecule has 4 rings (SSSR count). The van der Waals surface area contributed by atoms with E-state index in [9.17, 15) is 22.0 Å². The first-order valence-electron chi connectivity index (χ1n) is 11.1. The maximum Gasteiger partial charge on any atom is 0.262 e. The number of hydrogen-bond donors (Lipinski definition) is 1. The predicted molar refractivity (Wildman–Crippen MR) is 130 cm³/mol. The smallest absolute Gasteiger partial charge is 0.262 e. The lowest BCUT2D eigenvalue weighted by Gasteiger charge is -2.52. The molecule has 1 atom stereocenters. The van der Waals surface area contributed by atoms with Gasteiger partial charge in [-0.05, 0) is 25.0 Å². The van der Waals surface area contributed by atoms with Gasteiger partial charge in [0.05, 0.1) is 11.9 Å². The third-order valence-corrected chi connectivity index (χ3v) is 9.07. The van der Waals surface area contributed by atoms with E-state index in [1.807, 2.05) is 4.90 Å². The summed E-state index contributed by atoms with van der Waals surface area (Å²) in [6, 6.07) is 8.56. The number of piperazine rings is 1. The molecule has 1 aromatic carbocycles. The molecule has 194 valence electrons. The lowest BCUT2D eigenvalue weighted by Crippen LogP contribution is -2.66. The zero-order valence-corrected chi connectivity index (χ0v) is 21.6. The van der Waals surface area contributed by atoms with E-state index in [4.69, 9.17) is 11.6 Å². The largest absolute Gasteiger partial charge is 0.339 e. The highest BCUT2D eigenvalue weighted by molar-refractivity contribution is 7.89. The number of halogens is 4. The first-order valence-corrected chi connectivity index (χ1v) is 13.0. The van der Waals surface area contributed by atoms with Crippen molar-refractivity contribution in [2.24, 2.45) is 7.05 Å². The molecule has 1 aliphatic carbocycles. The van der Waals surface area contributed by atoms with E-state index < -0.39 is 27.0 Å². The van der Waals surface area contributed by atoms with E-state index in [-0.39, 0.29) is 62.1 Å². The molecule has 1 aromatic heterocycles. The standard InChI is InChI=1S/C22H28ClF2N5O3S.ClH/c1-28-15-18(26-16-28)34(32,33)30-13-11-29(12-14-30)21(7-9-22(24,25)10-8-21)20(23)27-19(31)17-5-3-2-4-6-17;/h2-6,15-16,20H,7-14H2,1H3,(H,27,31);1H. The van der Waals surface area contributed by atoms with Crippen LogP contribution in [0.15, 0.2) is 47.9 Å². The average Bonchev–Trinajstić information content (AvgIpc) is 3.27. The zero-order chi connectivity index (χ0) is 24.6. The van der Waals surface area contributed by atoms with Gasteiger partial charge >= 0.3 is 0 Å². The quantitative estimate of drug-likeness (QED) is 0.440. The van der Waals surface area contributed by atoms with Crippen LogP contribution in [0.25, 0.3) is 0 Å². The molecule has 2 aromatic rings. The van der Waals surface area contributed by atoms with Gasteiger partial charge in [0.1, 0.15) is 5.50 Å². The number of amides is 1. The summed E-state index contributed by atoms with van der Waals surface area (Å²) in [7, 11) is -2.07. The van der Waals surface area contributed by atoms with Crippen molar-refractivity contribution < 1.29 is 22.0 Å². The molecular formula is C22H29Cl2F2N5O3S. The molecule has 0 bridgehead atoms. The third-order valence-electron chi connectivity index (χ3n) is 6.77. The number of benzene rings is 1. The van der Waals surface area contributed by atoms with Gasteiger partial charge in [0.15, 0.2) is 5.03 Å². The van der Waals surface area contributed by atoms with E-state index in [2.05, 4.69) is 10.3 Å². The SMILES string of the molecule is Cl.Cn1cnc(S(=O)(=O)N2CCN(C3(C(Cl)NC(=O)c4ccccc4)CCC(F)(F)CC3)CC2)c1. The summed E-state index contributed by atoms with van der Waals surface area (Å²) in [5.41, 5.74) is -1.40. The fraction of sp³-hybridized carbons (Fsp3) is 0.545. The second-order valence-electron chi connectivity index (χ2n) is 8.93. The van der Waals surface area contributed by atoms with Gasteiger partial charge in [-0.15, -0.1) is 12.4 Å². The number of sulfonamides is 1. The van der Waals surface area contributed by atoms with Gasteiger partial charge in [-0.3, -0.25) is 9.69 Å². The zero-order valence-electron chi connectivity index (χ0n) is 19.2. The second kappa shape index (κ2) is 10.7. The summed E-state index contributed by atoms with van der Waals surface area (Å²) in [6.45, 7) is 0.963. The number of aryl methyl sites for hydroxylation is 1. The Kier molecular flexibility index (Phi) is 8.48. The minimum Gasteiger partial charge on any atom is -0.339 e. The van der Waals surface area contributed by atoms with Crippen LogP contribution in [0.5, 0.6) is 0 Å². The molecule has 0 spiro atoms. The molecule has 2 heterocycles. The lowest BCUT2D eigenvalue weighted by molar-refractivity contribution is -0.0893. The van der Waals surface area contributed by atoms with Crippen LogP contribution in [0.4, 0.5) is 8.78 Å². The molecule has 1 saturated heterocycles. The number of alkyl halides is 3. The normalized spacial score (nSPS) is 21.6. The van der Waals surface area contributed by atoms with Crippen LogP contribution in [0.1, 0.15) is 36.0 Å². The van der Waals surface area contributed by atoms with Gasteiger partial charge in [-0.25, -0.2) is 22.2 Å². The van der Waals surface area contributed by atoms with Crippen molar-refractivity contribution in [1.29, 1.82) is 0 Å². The number of imidazole rings is 1. The molecule has 8 nitrogen and oxygen atoms in total. The van der Waals surface area contributed by atoms with Gasteiger partial charge < -0.3 is 9.88 Å². The Morgan fingerprint density at radius 2 is 1.69 bits per heavy atom. The summed E-state index contributed by atoms with van der Waals surface area (Å²) in [4.78, 5) is 18.7. The first kappa shape index (κ1) is 27.8. The van der Waals surface area contributed by atoms with Gasteiger partial charge in [-0.1, -0.05) is 29.8 Å². The molecule has 2 aliphatic rings. The Hall–Kier alpha value is -1.79. The summed E-state index contributed by atoms with van der Waals surface area (Å²) in [5.74, 6) is -3.16. The van der Waals surface area contributed by atoms with E-state index in [1.165, 1.54) is 16.8 Å². The number of nitrogens with zero attached hydrogens (tertiary/aromatic N) is 4. The highest BCUT2D eigenvalue weighted by Gasteiger charge is 2.52. The van der Waals surface area contributed by atoms with Crippen LogP contribution in [0.3, 0.4) is 0 Å². The van der Waals surface area contributed by atoms with Crippen LogP contribution >= 0.6 is 24.0 Å². The van der Waals surface area contributed by atoms with Crippen LogP contribution in [0.2, 0.25) is 0 Å². The Balaban J connectivity index is 0.00000342. The Morgan fingerprint density at radius 1 is 1.09 bits per heavy atom. The summed E-state index contributed by atoms with van der Waals surface area (Å²) < 4.78 is 56.9. The molecule has 1 aliphatic heterocycles. The Labute approximate surface area is 215 Å². The average molecular weight is 552 g/mol. The van der Waals surface area contributed by atoms with Crippen molar-refractivity contribution in [1.82, 2.24) is 24.1 Å². The number of nitrogens with one attached hydrogen (secondary N) is 1. The third kappa shape index (κ3) is 5.80. The number of carbonyl (C=O) groups is 1. The van der Waals surface area contributed by atoms with Gasteiger partial charge in [0.25, 0.3) is 15.9 Å². The molecule has 1 amide bonds. The fourth-order valence-electron chi connectivity index (χ4n) is 4.73. The van der Waals surface area contributed by atoms with Crippen LogP contribution < -0.4 is 5.32 Å². The van der Waals surface area contributed by atoms with E-state index in [1.54, 1.807) is 41.9 Å². The number of aromatic nitrogens is 2. The van der Waals surface area contributed by atoms with Crippen LogP contribution in [-0.2, 0) is 17.1 Å². The van der Waals surface area contributed by atoms with Gasteiger partial charge in [-0.2, -0.15) is 4.31 Å². The van der Waals surface area contributed by atoms with Crippen molar-refractivity contribution in [3.05, 3.63) is 48.4 Å². The van der Waals surface area contributed by atoms with Crippen molar-refractivity contribution >= 4 is 39.9 Å². The predicted octanol–water partition coefficient (Wildman–Crippen LogP) is 3.09. The monoisotopic (exact) mass is 551 g/mol. The lowest BCUT2D eigenvalue weighted by atomic mass is 9.77. The first-order chi connectivity index (χ1) is 16.0. The number of rotatable bonds is 6. The van der Waals surface area contributed by atoms with Crippen LogP contribution in [-0.4, -0.2) is 76.2 Å². The molecule has 13 heteroatoms. The van der Waals surface area contributed by atoms with E-state index in [0.29, 0.717) is 18.7 Å². The number of hydrogen-bond acceptors (Lipinski definition) is 5. The number of carbonyl (C=O) groups excluding carboxylic acids is 1. The van der Waals surface area contributed by atoms with Crippen molar-refractivity contribution in [2.45, 2.75) is 47.7 Å². The molecule has 1 N–H and O–H groups in total. The highest BCUT2D eigenvalue weighted by Crippen LogP contribution is 2.44.